The molecule has 8 heteroatoms. The first-order chi connectivity index (χ1) is 14.8. The second-order valence-electron chi connectivity index (χ2n) is 7.00. The standard InChI is InChI=1S/C22H31N7S/c1-3-21-27-26-18-29(21)15-13-24-22(25-17-20-11-7-16-30-20)23-12-8-14-28(2)19-9-5-4-6-10-19/h4-7,9-11,16,18H,3,8,12-15,17H2,1-2H3,(H2,23,24,25). The molecule has 1 aromatic carbocycles. The predicted octanol–water partition coefficient (Wildman–Crippen LogP) is 3.16. The number of aliphatic imine (C=N–C) groups is 1. The summed E-state index contributed by atoms with van der Waals surface area (Å²) in [5.41, 5.74) is 1.24. The van der Waals surface area contributed by atoms with Crippen molar-refractivity contribution in [1.29, 1.82) is 0 Å². The Labute approximate surface area is 182 Å². The van der Waals surface area contributed by atoms with Gasteiger partial charge in [-0.25, -0.2) is 4.99 Å². The van der Waals surface area contributed by atoms with Gasteiger partial charge in [0.25, 0.3) is 0 Å². The van der Waals surface area contributed by atoms with Crippen LogP contribution in [0.25, 0.3) is 0 Å². The third-order valence-corrected chi connectivity index (χ3v) is 5.65. The zero-order chi connectivity index (χ0) is 21.0. The van der Waals surface area contributed by atoms with E-state index in [0.717, 1.165) is 50.8 Å². The smallest absolute Gasteiger partial charge is 0.191 e. The van der Waals surface area contributed by atoms with E-state index in [1.165, 1.54) is 10.6 Å². The number of thiophene rings is 1. The predicted molar refractivity (Wildman–Crippen MR) is 125 cm³/mol. The van der Waals surface area contributed by atoms with Gasteiger partial charge in [0.1, 0.15) is 12.2 Å². The number of aryl methyl sites for hydroxylation is 1. The summed E-state index contributed by atoms with van der Waals surface area (Å²) in [5, 5.41) is 17.1. The van der Waals surface area contributed by atoms with Gasteiger partial charge in [-0.1, -0.05) is 31.2 Å². The van der Waals surface area contributed by atoms with Crippen LogP contribution >= 0.6 is 11.3 Å². The molecule has 0 amide bonds. The topological polar surface area (TPSA) is 70.4 Å². The molecule has 0 aliphatic rings. The van der Waals surface area contributed by atoms with Gasteiger partial charge < -0.3 is 20.1 Å². The van der Waals surface area contributed by atoms with Gasteiger partial charge in [0.15, 0.2) is 5.96 Å². The summed E-state index contributed by atoms with van der Waals surface area (Å²) in [6, 6.07) is 14.6. The van der Waals surface area contributed by atoms with Crippen molar-refractivity contribution in [2.45, 2.75) is 32.9 Å². The quantitative estimate of drug-likeness (QED) is 0.281. The van der Waals surface area contributed by atoms with Crippen LogP contribution in [0, 0.1) is 0 Å². The lowest BCUT2D eigenvalue weighted by Gasteiger charge is -2.20. The highest BCUT2D eigenvalue weighted by Crippen LogP contribution is 2.11. The Morgan fingerprint density at radius 2 is 1.97 bits per heavy atom. The molecule has 2 N–H and O–H groups in total. The van der Waals surface area contributed by atoms with Crippen molar-refractivity contribution in [2.75, 3.05) is 31.6 Å². The molecule has 0 saturated carbocycles. The van der Waals surface area contributed by atoms with Crippen molar-refractivity contribution in [3.8, 4) is 0 Å². The maximum atomic E-state index is 4.75. The van der Waals surface area contributed by atoms with Gasteiger partial charge in [-0.15, -0.1) is 21.5 Å². The van der Waals surface area contributed by atoms with Crippen LogP contribution in [0.15, 0.2) is 59.2 Å². The van der Waals surface area contributed by atoms with Gasteiger partial charge in [-0.05, 0) is 30.0 Å². The van der Waals surface area contributed by atoms with E-state index in [1.54, 1.807) is 17.7 Å². The Kier molecular flexibility index (Phi) is 8.71. The maximum Gasteiger partial charge on any atom is 0.191 e. The Balaban J connectivity index is 1.47. The van der Waals surface area contributed by atoms with Gasteiger partial charge in [0, 0.05) is 50.2 Å². The monoisotopic (exact) mass is 425 g/mol. The van der Waals surface area contributed by atoms with Crippen LogP contribution in [0.2, 0.25) is 0 Å². The minimum atomic E-state index is 0.684. The second-order valence-corrected chi connectivity index (χ2v) is 8.03. The highest BCUT2D eigenvalue weighted by atomic mass is 32.1. The molecule has 0 spiro atoms. The van der Waals surface area contributed by atoms with Crippen molar-refractivity contribution >= 4 is 23.0 Å². The molecule has 0 atom stereocenters. The molecule has 0 aliphatic heterocycles. The fraction of sp³-hybridized carbons (Fsp3) is 0.409. The number of guanidine groups is 1. The maximum absolute atomic E-state index is 4.75. The number of aromatic nitrogens is 3. The van der Waals surface area contributed by atoms with Crippen LogP contribution in [-0.2, 0) is 19.5 Å². The van der Waals surface area contributed by atoms with E-state index in [-0.39, 0.29) is 0 Å². The Bertz CT molecular complexity index is 874. The number of nitrogens with zero attached hydrogens (tertiary/aromatic N) is 5. The first-order valence-corrected chi connectivity index (χ1v) is 11.3. The van der Waals surface area contributed by atoms with Crippen LogP contribution in [0.3, 0.4) is 0 Å². The average molecular weight is 426 g/mol. The average Bonchev–Trinajstić information content (AvgIpc) is 3.46. The van der Waals surface area contributed by atoms with Crippen LogP contribution in [0.4, 0.5) is 5.69 Å². The largest absolute Gasteiger partial charge is 0.375 e. The first-order valence-electron chi connectivity index (χ1n) is 10.4. The highest BCUT2D eigenvalue weighted by molar-refractivity contribution is 7.09. The summed E-state index contributed by atoms with van der Waals surface area (Å²) in [7, 11) is 2.13. The first kappa shape index (κ1) is 21.8. The second kappa shape index (κ2) is 12.0. The summed E-state index contributed by atoms with van der Waals surface area (Å²) >= 11 is 1.73. The summed E-state index contributed by atoms with van der Waals surface area (Å²) in [6.07, 6.45) is 3.69. The Morgan fingerprint density at radius 1 is 1.13 bits per heavy atom. The Hall–Kier alpha value is -2.87. The van der Waals surface area contributed by atoms with Gasteiger partial charge in [-0.2, -0.15) is 0 Å². The normalized spacial score (nSPS) is 11.5. The molecule has 2 aromatic heterocycles. The molecule has 0 radical (unpaired) electrons. The van der Waals surface area contributed by atoms with Crippen LogP contribution < -0.4 is 15.5 Å². The Morgan fingerprint density at radius 3 is 2.73 bits per heavy atom. The summed E-state index contributed by atoms with van der Waals surface area (Å²) in [6.45, 7) is 6.20. The van der Waals surface area contributed by atoms with Crippen LogP contribution in [-0.4, -0.2) is 47.4 Å². The van der Waals surface area contributed by atoms with E-state index in [9.17, 15) is 0 Å². The molecule has 0 unspecified atom stereocenters. The van der Waals surface area contributed by atoms with Crippen LogP contribution in [0.1, 0.15) is 24.0 Å². The molecule has 0 saturated heterocycles. The number of para-hydroxylation sites is 1. The molecular formula is C22H31N7S. The third kappa shape index (κ3) is 6.88. The van der Waals surface area contributed by atoms with Gasteiger partial charge in [-0.3, -0.25) is 0 Å². The SMILES string of the molecule is CCc1nncn1CCNC(=NCc1cccs1)NCCCN(C)c1ccccc1. The number of hydrogen-bond acceptors (Lipinski definition) is 5. The van der Waals surface area contributed by atoms with E-state index in [1.807, 2.05) is 6.07 Å². The van der Waals surface area contributed by atoms with E-state index in [2.05, 4.69) is 86.0 Å². The molecule has 3 aromatic rings. The van der Waals surface area contributed by atoms with E-state index in [0.29, 0.717) is 6.54 Å². The minimum absolute atomic E-state index is 0.684. The van der Waals surface area contributed by atoms with Crippen molar-refractivity contribution in [3.63, 3.8) is 0 Å². The van der Waals surface area contributed by atoms with Crippen molar-refractivity contribution < 1.29 is 0 Å². The zero-order valence-electron chi connectivity index (χ0n) is 17.8. The fourth-order valence-electron chi connectivity index (χ4n) is 3.10. The highest BCUT2D eigenvalue weighted by Gasteiger charge is 2.04. The molecule has 2 heterocycles. The zero-order valence-corrected chi connectivity index (χ0v) is 18.6. The van der Waals surface area contributed by atoms with E-state index >= 15 is 0 Å². The number of anilines is 1. The fourth-order valence-corrected chi connectivity index (χ4v) is 3.73. The molecule has 3 rings (SSSR count). The molecule has 0 bridgehead atoms. The lowest BCUT2D eigenvalue weighted by molar-refractivity contribution is 0.629. The summed E-state index contributed by atoms with van der Waals surface area (Å²) in [5.74, 6) is 1.85. The van der Waals surface area contributed by atoms with Gasteiger partial charge >= 0.3 is 0 Å². The lowest BCUT2D eigenvalue weighted by atomic mass is 10.3. The molecule has 160 valence electrons. The summed E-state index contributed by atoms with van der Waals surface area (Å²) in [4.78, 5) is 8.28. The lowest BCUT2D eigenvalue weighted by Crippen LogP contribution is -2.40. The number of rotatable bonds is 11. The molecule has 30 heavy (non-hydrogen) atoms. The minimum Gasteiger partial charge on any atom is -0.375 e. The molecule has 0 aliphatic carbocycles. The molecule has 7 nitrogen and oxygen atoms in total. The number of benzene rings is 1. The number of nitrogens with one attached hydrogen (secondary N) is 2. The third-order valence-electron chi connectivity index (χ3n) is 4.79. The van der Waals surface area contributed by atoms with Crippen molar-refractivity contribution in [2.24, 2.45) is 4.99 Å². The molecule has 0 fully saturated rings. The number of hydrogen-bond donors (Lipinski definition) is 2. The summed E-state index contributed by atoms with van der Waals surface area (Å²) < 4.78 is 2.08. The van der Waals surface area contributed by atoms with E-state index in [4.69, 9.17) is 4.99 Å². The van der Waals surface area contributed by atoms with Gasteiger partial charge in [0.2, 0.25) is 0 Å². The van der Waals surface area contributed by atoms with E-state index < -0.39 is 0 Å². The van der Waals surface area contributed by atoms with Crippen LogP contribution in [0.5, 0.6) is 0 Å². The van der Waals surface area contributed by atoms with Crippen molar-refractivity contribution in [3.05, 3.63) is 64.9 Å². The van der Waals surface area contributed by atoms with Crippen molar-refractivity contribution in [1.82, 2.24) is 25.4 Å². The van der Waals surface area contributed by atoms with Gasteiger partial charge in [0.05, 0.1) is 6.54 Å². The molecular weight excluding hydrogens is 394 g/mol.